The molecule has 38 valence electrons. The van der Waals surface area contributed by atoms with Crippen molar-refractivity contribution in [2.45, 2.75) is 17.0 Å². The molecule has 7 heavy (non-hydrogen) atoms. The van der Waals surface area contributed by atoms with Crippen LogP contribution in [-0.4, -0.2) is 11.1 Å². The molecule has 1 heterocycles. The van der Waals surface area contributed by atoms with Crippen molar-refractivity contribution in [3.05, 3.63) is 0 Å². The zero-order chi connectivity index (χ0) is 5.70. The van der Waals surface area contributed by atoms with Crippen LogP contribution in [0.3, 0.4) is 0 Å². The minimum atomic E-state index is -0.833. The van der Waals surface area contributed by atoms with Crippen LogP contribution in [0.1, 0.15) is 6.92 Å². The minimum absolute atomic E-state index is 0.375. The molecule has 2 nitrogen and oxygen atoms in total. The van der Waals surface area contributed by atoms with Gasteiger partial charge < -0.3 is 5.11 Å². The fourth-order valence-electron chi connectivity index (χ4n) is 0. The Labute approximate surface area is 50.5 Å². The third-order valence-electron chi connectivity index (χ3n) is 0.354. The van der Waals surface area contributed by atoms with Crippen molar-refractivity contribution in [2.24, 2.45) is 0 Å². The van der Waals surface area contributed by atoms with E-state index in [1.165, 1.54) is 0 Å². The van der Waals surface area contributed by atoms with Crippen molar-refractivity contribution in [2.75, 3.05) is 0 Å². The van der Waals surface area contributed by atoms with Gasteiger partial charge in [-0.05, 0) is 0 Å². The van der Waals surface area contributed by atoms with Crippen molar-refractivity contribution in [3.63, 3.8) is 0 Å². The molecule has 0 saturated carbocycles. The molecule has 0 aliphatic carbocycles. The van der Waals surface area contributed by atoms with Crippen LogP contribution < -0.4 is 0 Å². The summed E-state index contributed by atoms with van der Waals surface area (Å²) in [6.07, 6.45) is 0. The predicted molar refractivity (Wildman–Crippen MR) is 22.9 cm³/mol. The van der Waals surface area contributed by atoms with Crippen LogP contribution in [0.2, 0.25) is 10.0 Å². The van der Waals surface area contributed by atoms with Crippen LogP contribution >= 0.6 is 0 Å². The Morgan fingerprint density at radius 1 is 1.71 bits per heavy atom. The Kier molecular flexibility index (Phi) is 4.31. The van der Waals surface area contributed by atoms with Gasteiger partial charge in [-0.2, -0.15) is 0 Å². The molecule has 1 aliphatic rings. The summed E-state index contributed by atoms with van der Waals surface area (Å²) in [6, 6.07) is 0. The molecule has 0 aromatic carbocycles. The molecule has 3 heteroatoms. The summed E-state index contributed by atoms with van der Waals surface area (Å²) >= 11 is 0.375. The first kappa shape index (κ1) is 7.09. The molecule has 0 aromatic rings. The molecule has 1 rings (SSSR count). The van der Waals surface area contributed by atoms with E-state index in [9.17, 15) is 0 Å². The van der Waals surface area contributed by atoms with E-state index in [1.807, 2.05) is 0 Å². The molecule has 1 saturated heterocycles. The fraction of sp³-hybridized carbons (Fsp3) is 0.750. The van der Waals surface area contributed by atoms with Crippen molar-refractivity contribution in [3.8, 4) is 0 Å². The quantitative estimate of drug-likeness (QED) is 0.528. The third-order valence-corrected chi connectivity index (χ3v) is 1.84. The zero-order valence-electron chi connectivity index (χ0n) is 4.48. The molecule has 1 N–H and O–H groups in total. The number of hydrogen-bond acceptors (Lipinski definition) is 1. The van der Waals surface area contributed by atoms with E-state index < -0.39 is 5.97 Å². The molecule has 0 radical (unpaired) electrons. The van der Waals surface area contributed by atoms with Crippen LogP contribution in [-0.2, 0) is 21.9 Å². The van der Waals surface area contributed by atoms with Gasteiger partial charge >= 0.3 is 27.2 Å². The van der Waals surface area contributed by atoms with Gasteiger partial charge in [0.15, 0.2) is 0 Å². The summed E-state index contributed by atoms with van der Waals surface area (Å²) in [6.45, 7) is 1.08. The van der Waals surface area contributed by atoms with Crippen LogP contribution in [0.25, 0.3) is 0 Å². The Balaban J connectivity index is 0.000000105. The van der Waals surface area contributed by atoms with Crippen LogP contribution in [0, 0.1) is 0 Å². The van der Waals surface area contributed by atoms with Gasteiger partial charge in [-0.25, -0.2) is 0 Å². The topological polar surface area (TPSA) is 37.3 Å². The summed E-state index contributed by atoms with van der Waals surface area (Å²) in [5, 5.41) is 10.8. The third kappa shape index (κ3) is 85.4. The van der Waals surface area contributed by atoms with Gasteiger partial charge in [-0.15, -0.1) is 0 Å². The number of aliphatic carboxylic acids is 1. The predicted octanol–water partition coefficient (Wildman–Crippen LogP) is 1.01. The Morgan fingerprint density at radius 2 is 1.86 bits per heavy atom. The van der Waals surface area contributed by atoms with E-state index in [4.69, 9.17) is 9.90 Å². The number of carbonyl (C=O) groups is 1. The van der Waals surface area contributed by atoms with Crippen molar-refractivity contribution in [1.29, 1.82) is 0 Å². The Morgan fingerprint density at radius 3 is 1.86 bits per heavy atom. The number of carboxylic acid groups (broad SMARTS) is 1. The van der Waals surface area contributed by atoms with Gasteiger partial charge in [-0.3, -0.25) is 4.79 Å². The number of carboxylic acids is 1. The first-order valence-electron chi connectivity index (χ1n) is 2.43. The van der Waals surface area contributed by atoms with Crippen molar-refractivity contribution >= 4 is 5.97 Å². The van der Waals surface area contributed by atoms with E-state index in [0.29, 0.717) is 17.1 Å². The zero-order valence-corrected chi connectivity index (χ0v) is 7.44. The second kappa shape index (κ2) is 4.26. The number of rotatable bonds is 0. The van der Waals surface area contributed by atoms with Crippen LogP contribution in [0.4, 0.5) is 0 Å². The molecule has 0 bridgehead atoms. The second-order valence-corrected chi connectivity index (χ2v) is 6.03. The molecular formula is C4H8O2Zn. The maximum absolute atomic E-state index is 9.00. The first-order valence-corrected chi connectivity index (χ1v) is 6.62. The van der Waals surface area contributed by atoms with Gasteiger partial charge in [0.1, 0.15) is 0 Å². The van der Waals surface area contributed by atoms with E-state index >= 15 is 0 Å². The van der Waals surface area contributed by atoms with Gasteiger partial charge in [-0.1, -0.05) is 0 Å². The standard InChI is InChI=1S/C2H4O2.C2H4.Zn/c1-2(3)4;1-2;/h1H3,(H,3,4);1-2H2;. The molecule has 0 aromatic heterocycles. The van der Waals surface area contributed by atoms with Gasteiger partial charge in [0.25, 0.3) is 5.97 Å². The Bertz CT molecular complexity index is 54.0. The summed E-state index contributed by atoms with van der Waals surface area (Å²) < 4.78 is 0. The first-order chi connectivity index (χ1) is 3.23. The van der Waals surface area contributed by atoms with Crippen molar-refractivity contribution < 1.29 is 27.0 Å². The second-order valence-electron chi connectivity index (χ2n) is 1.58. The molecule has 0 atom stereocenters. The fourth-order valence-corrected chi connectivity index (χ4v) is 0. The van der Waals surface area contributed by atoms with Crippen LogP contribution in [0.15, 0.2) is 0 Å². The van der Waals surface area contributed by atoms with E-state index in [0.717, 1.165) is 6.92 Å². The molecule has 1 fully saturated rings. The molecule has 0 amide bonds. The SMILES string of the molecule is CC(=O)O.[CH2]1[CH2][Zn]1. The summed E-state index contributed by atoms with van der Waals surface area (Å²) in [7, 11) is 0. The van der Waals surface area contributed by atoms with Crippen LogP contribution in [0.5, 0.6) is 0 Å². The normalized spacial score (nSPS) is 11.6. The molecule has 0 unspecified atom stereocenters. The number of hydrogen-bond donors (Lipinski definition) is 1. The molecular weight excluding hydrogens is 145 g/mol. The average Bonchev–Trinajstić information content (AvgIpc) is 2.02. The van der Waals surface area contributed by atoms with Crippen molar-refractivity contribution in [1.82, 2.24) is 0 Å². The van der Waals surface area contributed by atoms with Gasteiger partial charge in [0, 0.05) is 6.92 Å². The van der Waals surface area contributed by atoms with E-state index in [2.05, 4.69) is 0 Å². The summed E-state index contributed by atoms with van der Waals surface area (Å²) in [5.74, 6) is -0.833. The van der Waals surface area contributed by atoms with E-state index in [1.54, 1.807) is 10.0 Å². The van der Waals surface area contributed by atoms with E-state index in [-0.39, 0.29) is 0 Å². The molecule has 1 aliphatic heterocycles. The Hall–Kier alpha value is 0.0934. The summed E-state index contributed by atoms with van der Waals surface area (Å²) in [5.41, 5.74) is 0. The maximum atomic E-state index is 9.00. The average molecular weight is 153 g/mol. The molecule has 0 spiro atoms. The summed E-state index contributed by atoms with van der Waals surface area (Å²) in [4.78, 5) is 9.00. The van der Waals surface area contributed by atoms with Gasteiger partial charge in [0.05, 0.1) is 0 Å². The van der Waals surface area contributed by atoms with Gasteiger partial charge in [0.2, 0.25) is 0 Å². The monoisotopic (exact) mass is 152 g/mol.